The molecule has 72 valence electrons. The van der Waals surface area contributed by atoms with Crippen molar-refractivity contribution in [3.63, 3.8) is 0 Å². The second-order valence-corrected chi connectivity index (χ2v) is 2.65. The van der Waals surface area contributed by atoms with Gasteiger partial charge in [-0.2, -0.15) is 0 Å². The maximum Gasteiger partial charge on any atom is 0.339 e. The van der Waals surface area contributed by atoms with Gasteiger partial charge < -0.3 is 4.74 Å². The van der Waals surface area contributed by atoms with Gasteiger partial charge in [0.15, 0.2) is 0 Å². The third kappa shape index (κ3) is 1.64. The number of nitrogens with zero attached hydrogens (tertiary/aromatic N) is 1. The molecule has 0 N–H and O–H groups in total. The molecule has 14 heavy (non-hydrogen) atoms. The second-order valence-electron chi connectivity index (χ2n) is 2.65. The molecule has 0 bridgehead atoms. The molecule has 0 aliphatic rings. The van der Waals surface area contributed by atoms with Crippen LogP contribution in [0.3, 0.4) is 0 Å². The number of halogens is 1. The fourth-order valence-corrected chi connectivity index (χ4v) is 1.11. The minimum absolute atomic E-state index is 0.0638. The summed E-state index contributed by atoms with van der Waals surface area (Å²) in [5.41, 5.74) is -0.174. The molecule has 0 amide bonds. The Hall–Kier alpha value is -1.72. The SMILES string of the molecule is Bc1c(F)ccc(N=O)c1C(=O)OC. The summed E-state index contributed by atoms with van der Waals surface area (Å²) in [6, 6.07) is 2.22. The van der Waals surface area contributed by atoms with E-state index >= 15 is 0 Å². The third-order valence-electron chi connectivity index (χ3n) is 1.86. The predicted octanol–water partition coefficient (Wildman–Crippen LogP) is 0.269. The number of rotatable bonds is 2. The van der Waals surface area contributed by atoms with Crippen molar-refractivity contribution in [2.75, 3.05) is 7.11 Å². The van der Waals surface area contributed by atoms with Crippen LogP contribution in [0.4, 0.5) is 10.1 Å². The van der Waals surface area contributed by atoms with Crippen LogP contribution in [0.2, 0.25) is 0 Å². The van der Waals surface area contributed by atoms with E-state index in [0.717, 1.165) is 19.2 Å². The molecular formula is C8H7BFNO3. The van der Waals surface area contributed by atoms with Crippen molar-refractivity contribution in [1.29, 1.82) is 0 Å². The molecule has 0 saturated heterocycles. The van der Waals surface area contributed by atoms with E-state index in [2.05, 4.69) is 9.91 Å². The molecule has 0 spiro atoms. The summed E-state index contributed by atoms with van der Waals surface area (Å²) in [6.45, 7) is 0. The number of carbonyl (C=O) groups is 1. The fraction of sp³-hybridized carbons (Fsp3) is 0.125. The van der Waals surface area contributed by atoms with Gasteiger partial charge in [0, 0.05) is 0 Å². The van der Waals surface area contributed by atoms with Gasteiger partial charge in [-0.25, -0.2) is 9.18 Å². The van der Waals surface area contributed by atoms with Crippen molar-refractivity contribution < 1.29 is 13.9 Å². The zero-order chi connectivity index (χ0) is 10.7. The molecule has 1 aromatic rings. The van der Waals surface area contributed by atoms with Crippen LogP contribution < -0.4 is 5.46 Å². The molecule has 1 rings (SSSR count). The van der Waals surface area contributed by atoms with Crippen molar-refractivity contribution in [1.82, 2.24) is 0 Å². The summed E-state index contributed by atoms with van der Waals surface area (Å²) in [5, 5.41) is 2.62. The van der Waals surface area contributed by atoms with E-state index in [1.807, 2.05) is 0 Å². The van der Waals surface area contributed by atoms with E-state index in [9.17, 15) is 14.1 Å². The first-order valence-corrected chi connectivity index (χ1v) is 3.82. The fourth-order valence-electron chi connectivity index (χ4n) is 1.11. The number of nitroso groups, excluding NO2 is 1. The molecule has 0 aliphatic heterocycles. The highest BCUT2D eigenvalue weighted by atomic mass is 19.1. The Labute approximate surface area is 80.4 Å². The Morgan fingerprint density at radius 3 is 2.71 bits per heavy atom. The van der Waals surface area contributed by atoms with E-state index in [1.165, 1.54) is 7.85 Å². The van der Waals surface area contributed by atoms with Crippen LogP contribution in [0.1, 0.15) is 10.4 Å². The van der Waals surface area contributed by atoms with Gasteiger partial charge in [-0.15, -0.1) is 4.91 Å². The van der Waals surface area contributed by atoms with E-state index in [0.29, 0.717) is 0 Å². The molecule has 0 aliphatic carbocycles. The van der Waals surface area contributed by atoms with Crippen molar-refractivity contribution in [2.24, 2.45) is 5.18 Å². The smallest absolute Gasteiger partial charge is 0.339 e. The lowest BCUT2D eigenvalue weighted by Crippen LogP contribution is -2.20. The first-order valence-electron chi connectivity index (χ1n) is 3.82. The molecule has 1 aromatic carbocycles. The highest BCUT2D eigenvalue weighted by molar-refractivity contribution is 6.37. The van der Waals surface area contributed by atoms with E-state index in [1.54, 1.807) is 0 Å². The summed E-state index contributed by atoms with van der Waals surface area (Å²) in [7, 11) is 2.54. The number of hydrogen-bond donors (Lipinski definition) is 0. The first kappa shape index (κ1) is 10.4. The molecule has 4 nitrogen and oxygen atoms in total. The van der Waals surface area contributed by atoms with Gasteiger partial charge in [-0.3, -0.25) is 0 Å². The highest BCUT2D eigenvalue weighted by Gasteiger charge is 2.17. The number of hydrogen-bond acceptors (Lipinski definition) is 4. The summed E-state index contributed by atoms with van der Waals surface area (Å²) in [5.74, 6) is -1.34. The average Bonchev–Trinajstić information content (AvgIpc) is 2.20. The van der Waals surface area contributed by atoms with Gasteiger partial charge >= 0.3 is 5.97 Å². The zero-order valence-corrected chi connectivity index (χ0v) is 7.70. The maximum absolute atomic E-state index is 13.0. The van der Waals surface area contributed by atoms with E-state index in [4.69, 9.17) is 0 Å². The summed E-state index contributed by atoms with van der Waals surface area (Å²) in [6.07, 6.45) is 0. The van der Waals surface area contributed by atoms with Gasteiger partial charge in [0.2, 0.25) is 0 Å². The van der Waals surface area contributed by atoms with Crippen LogP contribution >= 0.6 is 0 Å². The average molecular weight is 195 g/mol. The summed E-state index contributed by atoms with van der Waals surface area (Å²) < 4.78 is 17.5. The first-order chi connectivity index (χ1) is 6.61. The Morgan fingerprint density at radius 2 is 2.21 bits per heavy atom. The molecule has 0 atom stereocenters. The Bertz CT molecular complexity index is 394. The molecule has 0 radical (unpaired) electrons. The minimum Gasteiger partial charge on any atom is -0.465 e. The minimum atomic E-state index is -0.767. The topological polar surface area (TPSA) is 55.7 Å². The lowest BCUT2D eigenvalue weighted by Gasteiger charge is -2.06. The highest BCUT2D eigenvalue weighted by Crippen LogP contribution is 2.18. The Morgan fingerprint density at radius 1 is 1.57 bits per heavy atom. The number of ether oxygens (including phenoxy) is 1. The van der Waals surface area contributed by atoms with Gasteiger partial charge in [0.1, 0.15) is 19.4 Å². The predicted molar refractivity (Wildman–Crippen MR) is 51.4 cm³/mol. The van der Waals surface area contributed by atoms with Gasteiger partial charge in [-0.05, 0) is 22.8 Å². The monoisotopic (exact) mass is 195 g/mol. The number of esters is 1. The Balaban J connectivity index is 3.42. The van der Waals surface area contributed by atoms with Crippen LogP contribution in [0.5, 0.6) is 0 Å². The molecule has 0 fully saturated rings. The van der Waals surface area contributed by atoms with Crippen molar-refractivity contribution in [2.45, 2.75) is 0 Å². The summed E-state index contributed by atoms with van der Waals surface area (Å²) in [4.78, 5) is 21.5. The molecule has 0 heterocycles. The van der Waals surface area contributed by atoms with Crippen LogP contribution in [-0.4, -0.2) is 20.9 Å². The zero-order valence-electron chi connectivity index (χ0n) is 7.70. The van der Waals surface area contributed by atoms with Gasteiger partial charge in [-0.1, -0.05) is 0 Å². The molecular weight excluding hydrogens is 188 g/mol. The van der Waals surface area contributed by atoms with Crippen molar-refractivity contribution in [3.05, 3.63) is 28.4 Å². The van der Waals surface area contributed by atoms with Crippen LogP contribution in [0.25, 0.3) is 0 Å². The molecule has 0 saturated carbocycles. The summed E-state index contributed by atoms with van der Waals surface area (Å²) >= 11 is 0. The molecule has 0 unspecified atom stereocenters. The third-order valence-corrected chi connectivity index (χ3v) is 1.86. The van der Waals surface area contributed by atoms with Crippen molar-refractivity contribution >= 4 is 25.0 Å². The number of methoxy groups -OCH3 is 1. The van der Waals surface area contributed by atoms with Crippen LogP contribution in [0, 0.1) is 10.7 Å². The molecule has 0 aromatic heterocycles. The number of carbonyl (C=O) groups excluding carboxylic acids is 1. The number of benzene rings is 1. The second kappa shape index (κ2) is 4.00. The quantitative estimate of drug-likeness (QED) is 0.386. The van der Waals surface area contributed by atoms with Crippen LogP contribution in [-0.2, 0) is 4.74 Å². The lowest BCUT2D eigenvalue weighted by atomic mass is 9.89. The standard InChI is InChI=1S/C8H7BFNO3/c1-14-8(12)6-5(11-13)3-2-4(10)7(6)9/h2-3H,9H2,1H3. The van der Waals surface area contributed by atoms with E-state index in [-0.39, 0.29) is 16.7 Å². The van der Waals surface area contributed by atoms with E-state index < -0.39 is 11.8 Å². The molecule has 6 heteroatoms. The van der Waals surface area contributed by atoms with Crippen LogP contribution in [0.15, 0.2) is 17.3 Å². The largest absolute Gasteiger partial charge is 0.465 e. The van der Waals surface area contributed by atoms with Crippen molar-refractivity contribution in [3.8, 4) is 0 Å². The Kier molecular flexibility index (Phi) is 2.96. The lowest BCUT2D eigenvalue weighted by molar-refractivity contribution is 0.0603. The van der Waals surface area contributed by atoms with Gasteiger partial charge in [0.25, 0.3) is 0 Å². The van der Waals surface area contributed by atoms with Gasteiger partial charge in [0.05, 0.1) is 12.7 Å². The normalized spacial score (nSPS) is 9.57. The maximum atomic E-state index is 13.0.